The summed E-state index contributed by atoms with van der Waals surface area (Å²) in [5, 5.41) is 1.01. The van der Waals surface area contributed by atoms with Gasteiger partial charge in [0, 0.05) is 42.0 Å². The number of rotatable bonds is 3. The number of likely N-dealkylation sites (tertiary alicyclic amines) is 1. The maximum absolute atomic E-state index is 12.5. The summed E-state index contributed by atoms with van der Waals surface area (Å²) in [6.45, 7) is 1.11. The predicted octanol–water partition coefficient (Wildman–Crippen LogP) is 2.50. The SMILES string of the molecule is O=C(CN1C(=O)CCC1=O)N1CCS[C@@H](c2ccccc2Cl)CC1. The quantitative estimate of drug-likeness (QED) is 0.771. The topological polar surface area (TPSA) is 57.7 Å². The fourth-order valence-corrected chi connectivity index (χ4v) is 4.64. The van der Waals surface area contributed by atoms with E-state index in [1.807, 2.05) is 24.3 Å². The van der Waals surface area contributed by atoms with Gasteiger partial charge in [-0.05, 0) is 18.1 Å². The number of imide groups is 1. The Kier molecular flexibility index (Phi) is 5.46. The monoisotopic (exact) mass is 366 g/mol. The molecule has 2 fully saturated rings. The average molecular weight is 367 g/mol. The van der Waals surface area contributed by atoms with Crippen molar-refractivity contribution in [2.24, 2.45) is 0 Å². The van der Waals surface area contributed by atoms with Crippen molar-refractivity contribution in [1.82, 2.24) is 9.80 Å². The molecule has 3 rings (SSSR count). The minimum absolute atomic E-state index is 0.126. The van der Waals surface area contributed by atoms with Crippen molar-refractivity contribution < 1.29 is 14.4 Å². The van der Waals surface area contributed by atoms with Crippen LogP contribution in [0.2, 0.25) is 5.02 Å². The van der Waals surface area contributed by atoms with Crippen molar-refractivity contribution in [1.29, 1.82) is 0 Å². The Bertz CT molecular complexity index is 651. The zero-order chi connectivity index (χ0) is 17.1. The predicted molar refractivity (Wildman–Crippen MR) is 93.8 cm³/mol. The second-order valence-corrected chi connectivity index (χ2v) is 7.64. The van der Waals surface area contributed by atoms with E-state index in [4.69, 9.17) is 11.6 Å². The molecule has 3 amide bonds. The summed E-state index contributed by atoms with van der Waals surface area (Å²) in [6, 6.07) is 7.79. The van der Waals surface area contributed by atoms with Gasteiger partial charge in [0.05, 0.1) is 0 Å². The standard InChI is InChI=1S/C17H19ClN2O3S/c18-13-4-2-1-3-12(13)14-7-8-19(9-10-24-14)17(23)11-20-15(21)5-6-16(20)22/h1-4,14H,5-11H2/t14-/m1/s1. The van der Waals surface area contributed by atoms with Gasteiger partial charge in [0.25, 0.3) is 0 Å². The van der Waals surface area contributed by atoms with Crippen molar-refractivity contribution in [2.75, 3.05) is 25.4 Å². The molecule has 24 heavy (non-hydrogen) atoms. The number of hydrogen-bond acceptors (Lipinski definition) is 4. The van der Waals surface area contributed by atoms with Crippen LogP contribution in [0.1, 0.15) is 30.1 Å². The lowest BCUT2D eigenvalue weighted by Crippen LogP contribution is -2.43. The Morgan fingerprint density at radius 2 is 1.88 bits per heavy atom. The zero-order valence-corrected chi connectivity index (χ0v) is 14.8. The van der Waals surface area contributed by atoms with E-state index in [1.54, 1.807) is 16.7 Å². The van der Waals surface area contributed by atoms with Crippen molar-refractivity contribution in [3.8, 4) is 0 Å². The van der Waals surface area contributed by atoms with Crippen LogP contribution in [0.4, 0.5) is 0 Å². The minimum atomic E-state index is -0.244. The number of halogens is 1. The molecule has 2 aliphatic rings. The van der Waals surface area contributed by atoms with E-state index in [0.717, 1.165) is 27.7 Å². The first-order valence-electron chi connectivity index (χ1n) is 8.03. The van der Waals surface area contributed by atoms with Crippen molar-refractivity contribution in [3.63, 3.8) is 0 Å². The second-order valence-electron chi connectivity index (χ2n) is 5.92. The van der Waals surface area contributed by atoms with E-state index in [1.165, 1.54) is 0 Å². The summed E-state index contributed by atoms with van der Waals surface area (Å²) in [7, 11) is 0. The van der Waals surface area contributed by atoms with E-state index < -0.39 is 0 Å². The van der Waals surface area contributed by atoms with Crippen LogP contribution in [0.25, 0.3) is 0 Å². The summed E-state index contributed by atoms with van der Waals surface area (Å²) in [6.07, 6.45) is 1.25. The number of benzene rings is 1. The fourth-order valence-electron chi connectivity index (χ4n) is 3.04. The molecule has 0 unspecified atom stereocenters. The van der Waals surface area contributed by atoms with Crippen LogP contribution in [-0.2, 0) is 14.4 Å². The lowest BCUT2D eigenvalue weighted by Gasteiger charge is -2.23. The van der Waals surface area contributed by atoms with Gasteiger partial charge in [-0.2, -0.15) is 11.8 Å². The molecule has 1 aromatic carbocycles. The first-order valence-corrected chi connectivity index (χ1v) is 9.46. The Labute approximate surface area is 150 Å². The Hall–Kier alpha value is -1.53. The van der Waals surface area contributed by atoms with Gasteiger partial charge in [0.2, 0.25) is 17.7 Å². The summed E-state index contributed by atoms with van der Waals surface area (Å²) < 4.78 is 0. The average Bonchev–Trinajstić information content (AvgIpc) is 2.79. The number of thioether (sulfide) groups is 1. The number of amides is 3. The van der Waals surface area contributed by atoms with Gasteiger partial charge in [-0.25, -0.2) is 0 Å². The smallest absolute Gasteiger partial charge is 0.242 e. The Balaban J connectivity index is 1.61. The Morgan fingerprint density at radius 1 is 1.17 bits per heavy atom. The molecule has 2 heterocycles. The molecular weight excluding hydrogens is 348 g/mol. The van der Waals surface area contributed by atoms with E-state index in [-0.39, 0.29) is 42.4 Å². The number of hydrogen-bond donors (Lipinski definition) is 0. The molecule has 0 saturated carbocycles. The molecule has 2 aliphatic heterocycles. The molecule has 128 valence electrons. The van der Waals surface area contributed by atoms with Crippen molar-refractivity contribution in [2.45, 2.75) is 24.5 Å². The zero-order valence-electron chi connectivity index (χ0n) is 13.2. The van der Waals surface area contributed by atoms with Crippen molar-refractivity contribution in [3.05, 3.63) is 34.9 Å². The second kappa shape index (κ2) is 7.57. The summed E-state index contributed by atoms with van der Waals surface area (Å²) >= 11 is 8.07. The fraction of sp³-hybridized carbons (Fsp3) is 0.471. The highest BCUT2D eigenvalue weighted by atomic mass is 35.5. The van der Waals surface area contributed by atoms with E-state index in [0.29, 0.717) is 13.1 Å². The van der Waals surface area contributed by atoms with E-state index in [2.05, 4.69) is 0 Å². The van der Waals surface area contributed by atoms with Gasteiger partial charge < -0.3 is 4.90 Å². The van der Waals surface area contributed by atoms with Gasteiger partial charge in [-0.1, -0.05) is 29.8 Å². The van der Waals surface area contributed by atoms with Crippen LogP contribution in [0.5, 0.6) is 0 Å². The number of carbonyl (C=O) groups excluding carboxylic acids is 3. The molecule has 0 aliphatic carbocycles. The molecule has 1 aromatic rings. The first-order chi connectivity index (χ1) is 11.6. The van der Waals surface area contributed by atoms with E-state index in [9.17, 15) is 14.4 Å². The summed E-state index contributed by atoms with van der Waals surface area (Å²) in [5.41, 5.74) is 1.10. The molecule has 0 bridgehead atoms. The van der Waals surface area contributed by atoms with Crippen molar-refractivity contribution >= 4 is 41.1 Å². The maximum atomic E-state index is 12.5. The normalized spacial score (nSPS) is 22.0. The third-order valence-corrected chi connectivity index (χ3v) is 6.05. The number of carbonyl (C=O) groups is 3. The van der Waals surface area contributed by atoms with Gasteiger partial charge in [0.15, 0.2) is 0 Å². The summed E-state index contributed by atoms with van der Waals surface area (Å²) in [4.78, 5) is 38.6. The number of nitrogens with zero attached hydrogens (tertiary/aromatic N) is 2. The van der Waals surface area contributed by atoms with E-state index >= 15 is 0 Å². The third-order valence-electron chi connectivity index (χ3n) is 4.39. The van der Waals surface area contributed by atoms with Gasteiger partial charge >= 0.3 is 0 Å². The molecule has 7 heteroatoms. The highest BCUT2D eigenvalue weighted by molar-refractivity contribution is 7.99. The minimum Gasteiger partial charge on any atom is -0.340 e. The molecule has 2 saturated heterocycles. The van der Waals surface area contributed by atoms with Crippen LogP contribution < -0.4 is 0 Å². The van der Waals surface area contributed by atoms with Crippen LogP contribution >= 0.6 is 23.4 Å². The summed E-state index contributed by atoms with van der Waals surface area (Å²) in [5.74, 6) is 0.167. The third kappa shape index (κ3) is 3.75. The molecule has 0 spiro atoms. The lowest BCUT2D eigenvalue weighted by molar-refractivity contribution is -0.145. The van der Waals surface area contributed by atoms with Gasteiger partial charge in [-0.3, -0.25) is 19.3 Å². The van der Waals surface area contributed by atoms with Gasteiger partial charge in [-0.15, -0.1) is 0 Å². The highest BCUT2D eigenvalue weighted by Gasteiger charge is 2.32. The molecule has 0 radical (unpaired) electrons. The van der Waals surface area contributed by atoms with Crippen LogP contribution in [0.3, 0.4) is 0 Å². The molecular formula is C17H19ClN2O3S. The van der Waals surface area contributed by atoms with Crippen LogP contribution in [0, 0.1) is 0 Å². The molecule has 5 nitrogen and oxygen atoms in total. The molecule has 0 aromatic heterocycles. The Morgan fingerprint density at radius 3 is 2.58 bits per heavy atom. The van der Waals surface area contributed by atoms with Crippen LogP contribution in [-0.4, -0.2) is 52.9 Å². The van der Waals surface area contributed by atoms with Gasteiger partial charge in [0.1, 0.15) is 6.54 Å². The largest absolute Gasteiger partial charge is 0.340 e. The van der Waals surface area contributed by atoms with Crippen LogP contribution in [0.15, 0.2) is 24.3 Å². The molecule has 1 atom stereocenters. The maximum Gasteiger partial charge on any atom is 0.242 e. The first kappa shape index (κ1) is 17.3. The molecule has 0 N–H and O–H groups in total. The highest BCUT2D eigenvalue weighted by Crippen LogP contribution is 2.37. The lowest BCUT2D eigenvalue weighted by atomic mass is 10.1.